The first-order valence-electron chi connectivity index (χ1n) is 8.40. The Hall–Kier alpha value is -2.89. The van der Waals surface area contributed by atoms with Crippen molar-refractivity contribution >= 4 is 11.9 Å². The topological polar surface area (TPSA) is 75.6 Å². The number of halogens is 1. The molecular formula is C20H22FNO4. The van der Waals surface area contributed by atoms with E-state index < -0.39 is 5.97 Å². The molecule has 2 N–H and O–H groups in total. The maximum atomic E-state index is 13.6. The zero-order valence-electron chi connectivity index (χ0n) is 14.6. The van der Waals surface area contributed by atoms with Gasteiger partial charge in [-0.25, -0.2) is 9.18 Å². The molecule has 0 spiro atoms. The number of rotatable bonds is 9. The van der Waals surface area contributed by atoms with Crippen LogP contribution in [0.5, 0.6) is 5.75 Å². The standard InChI is InChI=1S/C20H22FNO4/c1-14(12-16-4-2-3-5-18(16)21)20(25)22-11-10-15-6-8-17(9-7-15)26-13-19(23)24/h2-9,14H,10-13H2,1H3,(H,22,25)(H,23,24). The predicted octanol–water partition coefficient (Wildman–Crippen LogP) is 2.83. The van der Waals surface area contributed by atoms with E-state index in [1.807, 2.05) is 12.1 Å². The summed E-state index contributed by atoms with van der Waals surface area (Å²) in [4.78, 5) is 22.6. The SMILES string of the molecule is CC(Cc1ccccc1F)C(=O)NCCc1ccc(OCC(=O)O)cc1. The Morgan fingerprint density at radius 1 is 1.15 bits per heavy atom. The van der Waals surface area contributed by atoms with Gasteiger partial charge < -0.3 is 15.2 Å². The van der Waals surface area contributed by atoms with Crippen LogP contribution >= 0.6 is 0 Å². The molecule has 0 saturated carbocycles. The molecule has 0 aliphatic carbocycles. The molecule has 0 radical (unpaired) electrons. The number of carbonyl (C=O) groups excluding carboxylic acids is 1. The number of carboxylic acids is 1. The first-order chi connectivity index (χ1) is 12.5. The second kappa shape index (κ2) is 9.56. The molecule has 0 aromatic heterocycles. The van der Waals surface area contributed by atoms with Crippen molar-refractivity contribution in [1.29, 1.82) is 0 Å². The zero-order chi connectivity index (χ0) is 18.9. The zero-order valence-corrected chi connectivity index (χ0v) is 14.6. The molecule has 6 heteroatoms. The van der Waals surface area contributed by atoms with Crippen molar-refractivity contribution in [3.8, 4) is 5.75 Å². The lowest BCUT2D eigenvalue weighted by Gasteiger charge is -2.13. The molecule has 0 aliphatic heterocycles. The molecule has 0 aliphatic rings. The fourth-order valence-electron chi connectivity index (χ4n) is 2.49. The van der Waals surface area contributed by atoms with Crippen LogP contribution in [0.25, 0.3) is 0 Å². The van der Waals surface area contributed by atoms with Gasteiger partial charge in [-0.05, 0) is 42.2 Å². The van der Waals surface area contributed by atoms with Gasteiger partial charge in [0.25, 0.3) is 0 Å². The van der Waals surface area contributed by atoms with E-state index in [1.54, 1.807) is 37.3 Å². The van der Waals surface area contributed by atoms with Crippen LogP contribution in [0, 0.1) is 11.7 Å². The normalized spacial score (nSPS) is 11.6. The summed E-state index contributed by atoms with van der Waals surface area (Å²) in [5.41, 5.74) is 1.53. The maximum Gasteiger partial charge on any atom is 0.341 e. The Bertz CT molecular complexity index is 746. The van der Waals surface area contributed by atoms with Crippen molar-refractivity contribution in [2.75, 3.05) is 13.2 Å². The largest absolute Gasteiger partial charge is 0.482 e. The molecule has 2 aromatic carbocycles. The number of aliphatic carboxylic acids is 1. The van der Waals surface area contributed by atoms with Crippen LogP contribution in [0.2, 0.25) is 0 Å². The van der Waals surface area contributed by atoms with Gasteiger partial charge in [0, 0.05) is 12.5 Å². The lowest BCUT2D eigenvalue weighted by molar-refractivity contribution is -0.139. The second-order valence-electron chi connectivity index (χ2n) is 6.06. The van der Waals surface area contributed by atoms with Crippen molar-refractivity contribution in [3.63, 3.8) is 0 Å². The summed E-state index contributed by atoms with van der Waals surface area (Å²) >= 11 is 0. The molecule has 1 amide bonds. The van der Waals surface area contributed by atoms with Crippen LogP contribution in [-0.4, -0.2) is 30.1 Å². The molecule has 0 bridgehead atoms. The van der Waals surface area contributed by atoms with Gasteiger partial charge in [0.2, 0.25) is 5.91 Å². The van der Waals surface area contributed by atoms with E-state index in [2.05, 4.69) is 5.32 Å². The van der Waals surface area contributed by atoms with E-state index in [-0.39, 0.29) is 24.2 Å². The van der Waals surface area contributed by atoms with Gasteiger partial charge >= 0.3 is 5.97 Å². The van der Waals surface area contributed by atoms with E-state index >= 15 is 0 Å². The van der Waals surface area contributed by atoms with Crippen molar-refractivity contribution in [1.82, 2.24) is 5.32 Å². The fourth-order valence-corrected chi connectivity index (χ4v) is 2.49. The Labute approximate surface area is 151 Å². The first-order valence-corrected chi connectivity index (χ1v) is 8.40. The molecule has 138 valence electrons. The number of benzene rings is 2. The number of ether oxygens (including phenoxy) is 1. The van der Waals surface area contributed by atoms with Crippen LogP contribution in [0.1, 0.15) is 18.1 Å². The minimum Gasteiger partial charge on any atom is -0.482 e. The van der Waals surface area contributed by atoms with Crippen LogP contribution in [0.3, 0.4) is 0 Å². The van der Waals surface area contributed by atoms with Crippen molar-refractivity contribution in [2.24, 2.45) is 5.92 Å². The van der Waals surface area contributed by atoms with E-state index in [0.717, 1.165) is 5.56 Å². The maximum absolute atomic E-state index is 13.6. The Kier molecular flexibility index (Phi) is 7.14. The molecule has 26 heavy (non-hydrogen) atoms. The highest BCUT2D eigenvalue weighted by molar-refractivity contribution is 5.78. The molecule has 2 aromatic rings. The van der Waals surface area contributed by atoms with Gasteiger partial charge in [0.15, 0.2) is 6.61 Å². The minimum atomic E-state index is -1.03. The van der Waals surface area contributed by atoms with Gasteiger partial charge in [-0.15, -0.1) is 0 Å². The van der Waals surface area contributed by atoms with Crippen LogP contribution in [0.15, 0.2) is 48.5 Å². The van der Waals surface area contributed by atoms with Gasteiger partial charge in [0.1, 0.15) is 11.6 Å². The lowest BCUT2D eigenvalue weighted by Crippen LogP contribution is -2.32. The van der Waals surface area contributed by atoms with Crippen LogP contribution in [0.4, 0.5) is 4.39 Å². The molecule has 1 unspecified atom stereocenters. The highest BCUT2D eigenvalue weighted by atomic mass is 19.1. The highest BCUT2D eigenvalue weighted by Gasteiger charge is 2.15. The van der Waals surface area contributed by atoms with Crippen molar-refractivity contribution < 1.29 is 23.8 Å². The van der Waals surface area contributed by atoms with Gasteiger partial charge in [-0.1, -0.05) is 37.3 Å². The monoisotopic (exact) mass is 359 g/mol. The summed E-state index contributed by atoms with van der Waals surface area (Å²) in [5, 5.41) is 11.4. The van der Waals surface area contributed by atoms with Gasteiger partial charge in [-0.3, -0.25) is 4.79 Å². The molecule has 0 fully saturated rings. The minimum absolute atomic E-state index is 0.116. The van der Waals surface area contributed by atoms with Crippen molar-refractivity contribution in [3.05, 3.63) is 65.5 Å². The van der Waals surface area contributed by atoms with E-state index in [0.29, 0.717) is 30.7 Å². The van der Waals surface area contributed by atoms with Crippen LogP contribution in [-0.2, 0) is 22.4 Å². The van der Waals surface area contributed by atoms with E-state index in [9.17, 15) is 14.0 Å². The Morgan fingerprint density at radius 3 is 2.50 bits per heavy atom. The summed E-state index contributed by atoms with van der Waals surface area (Å²) in [7, 11) is 0. The molecule has 5 nitrogen and oxygen atoms in total. The average Bonchev–Trinajstić information content (AvgIpc) is 2.62. The third-order valence-electron chi connectivity index (χ3n) is 3.93. The number of hydrogen-bond acceptors (Lipinski definition) is 3. The summed E-state index contributed by atoms with van der Waals surface area (Å²) in [6.45, 7) is 1.86. The van der Waals surface area contributed by atoms with Crippen LogP contribution < -0.4 is 10.1 Å². The predicted molar refractivity (Wildman–Crippen MR) is 95.6 cm³/mol. The lowest BCUT2D eigenvalue weighted by atomic mass is 10.00. The molecule has 1 atom stereocenters. The molecule has 0 heterocycles. The van der Waals surface area contributed by atoms with Gasteiger partial charge in [-0.2, -0.15) is 0 Å². The summed E-state index contributed by atoms with van der Waals surface area (Å²) in [5.74, 6) is -1.27. The number of amides is 1. The third kappa shape index (κ3) is 6.20. The molecule has 2 rings (SSSR count). The summed E-state index contributed by atoms with van der Waals surface area (Å²) in [6, 6.07) is 13.5. The second-order valence-corrected chi connectivity index (χ2v) is 6.06. The highest BCUT2D eigenvalue weighted by Crippen LogP contribution is 2.14. The van der Waals surface area contributed by atoms with E-state index in [1.165, 1.54) is 6.07 Å². The molecular weight excluding hydrogens is 337 g/mol. The van der Waals surface area contributed by atoms with Crippen molar-refractivity contribution in [2.45, 2.75) is 19.8 Å². The smallest absolute Gasteiger partial charge is 0.341 e. The molecule has 0 saturated heterocycles. The fraction of sp³-hybridized carbons (Fsp3) is 0.300. The Morgan fingerprint density at radius 2 is 1.85 bits per heavy atom. The number of hydrogen-bond donors (Lipinski definition) is 2. The average molecular weight is 359 g/mol. The Balaban J connectivity index is 1.75. The van der Waals surface area contributed by atoms with E-state index in [4.69, 9.17) is 9.84 Å². The summed E-state index contributed by atoms with van der Waals surface area (Å²) in [6.07, 6.45) is 0.992. The summed E-state index contributed by atoms with van der Waals surface area (Å²) < 4.78 is 18.7. The quantitative estimate of drug-likeness (QED) is 0.722. The number of carbonyl (C=O) groups is 2. The third-order valence-corrected chi connectivity index (χ3v) is 3.93. The number of carboxylic acid groups (broad SMARTS) is 1. The number of nitrogens with one attached hydrogen (secondary N) is 1. The van der Waals surface area contributed by atoms with Gasteiger partial charge in [0.05, 0.1) is 0 Å². The first kappa shape index (κ1) is 19.4.